The number of carbonyl (C=O) groups excluding carboxylic acids is 1. The summed E-state index contributed by atoms with van der Waals surface area (Å²) in [5.41, 5.74) is 11.6. The molecule has 5 unspecified atom stereocenters. The van der Waals surface area contributed by atoms with E-state index in [2.05, 4.69) is 75.1 Å². The molecule has 3 aliphatic heterocycles. The fourth-order valence-electron chi connectivity index (χ4n) is 8.20. The number of allylic oxidation sites excluding steroid dienone is 4. The minimum atomic E-state index is -0.852. The predicted octanol–water partition coefficient (Wildman–Crippen LogP) is 6.09. The van der Waals surface area contributed by atoms with Crippen molar-refractivity contribution in [1.29, 1.82) is 0 Å². The minimum Gasteiger partial charge on any atom is -0.481 e. The van der Waals surface area contributed by atoms with Crippen molar-refractivity contribution in [2.45, 2.75) is 106 Å². The summed E-state index contributed by atoms with van der Waals surface area (Å²) in [6.07, 6.45) is 12.1. The van der Waals surface area contributed by atoms with Crippen LogP contribution in [0.3, 0.4) is 0 Å². The SMILES string of the molecule is CCCCCCOC(C)c1c2[nH]c(c1C)/C=C1\N/C(=C3/CC(=O)C4=C(C)C(/C=c5\[nH]/c(c(C)c5CC)=C\2)N=C43)C(C(C)C(=O)O)C1C. The van der Waals surface area contributed by atoms with Crippen LogP contribution in [0.2, 0.25) is 0 Å². The molecule has 2 aromatic rings. The van der Waals surface area contributed by atoms with Crippen LogP contribution in [0.4, 0.5) is 0 Å². The lowest BCUT2D eigenvalue weighted by molar-refractivity contribution is -0.142. The Kier molecular flexibility index (Phi) is 9.09. The number of ketones is 1. The van der Waals surface area contributed by atoms with Gasteiger partial charge in [-0.15, -0.1) is 0 Å². The molecule has 8 bridgehead atoms. The fraction of sp³-hybridized carbons (Fsp3) is 0.513. The van der Waals surface area contributed by atoms with Gasteiger partial charge in [-0.2, -0.15) is 0 Å². The first-order valence-corrected chi connectivity index (χ1v) is 17.5. The number of hydrogen-bond donors (Lipinski definition) is 4. The second kappa shape index (κ2) is 12.9. The molecule has 47 heavy (non-hydrogen) atoms. The Morgan fingerprint density at radius 2 is 1.81 bits per heavy atom. The van der Waals surface area contributed by atoms with E-state index in [1.807, 2.05) is 6.92 Å². The Morgan fingerprint density at radius 3 is 2.51 bits per heavy atom. The van der Waals surface area contributed by atoms with Gasteiger partial charge in [0.25, 0.3) is 0 Å². The van der Waals surface area contributed by atoms with E-state index in [4.69, 9.17) is 9.73 Å². The van der Waals surface area contributed by atoms with Crippen molar-refractivity contribution in [3.05, 3.63) is 72.5 Å². The Labute approximate surface area is 277 Å². The summed E-state index contributed by atoms with van der Waals surface area (Å²) < 4.78 is 6.45. The van der Waals surface area contributed by atoms with Crippen LogP contribution in [0, 0.1) is 31.6 Å². The van der Waals surface area contributed by atoms with Gasteiger partial charge in [0, 0.05) is 75.1 Å². The second-order valence-electron chi connectivity index (χ2n) is 13.9. The molecule has 4 aliphatic rings. The molecule has 5 atom stereocenters. The predicted molar refractivity (Wildman–Crippen MR) is 187 cm³/mol. The van der Waals surface area contributed by atoms with Crippen LogP contribution in [0.15, 0.2) is 33.1 Å². The van der Waals surface area contributed by atoms with Crippen LogP contribution < -0.4 is 16.0 Å². The third kappa shape index (κ3) is 5.68. The minimum absolute atomic E-state index is 0.0555. The Balaban J connectivity index is 1.59. The van der Waals surface area contributed by atoms with Crippen LogP contribution in [-0.4, -0.2) is 45.2 Å². The van der Waals surface area contributed by atoms with Crippen LogP contribution >= 0.6 is 0 Å². The molecule has 0 spiro atoms. The number of carboxylic acid groups (broad SMARTS) is 1. The molecule has 2 aromatic heterocycles. The normalized spacial score (nSPS) is 27.1. The van der Waals surface area contributed by atoms with Gasteiger partial charge in [0.15, 0.2) is 5.78 Å². The fourth-order valence-corrected chi connectivity index (χ4v) is 8.20. The van der Waals surface area contributed by atoms with Gasteiger partial charge in [-0.1, -0.05) is 47.0 Å². The number of H-pyrrole nitrogens is 2. The van der Waals surface area contributed by atoms with Crippen molar-refractivity contribution < 1.29 is 19.4 Å². The number of carboxylic acids is 1. The van der Waals surface area contributed by atoms with E-state index in [1.54, 1.807) is 6.92 Å². The van der Waals surface area contributed by atoms with Crippen LogP contribution in [0.1, 0.15) is 113 Å². The lowest BCUT2D eigenvalue weighted by atomic mass is 9.81. The second-order valence-corrected chi connectivity index (χ2v) is 13.9. The number of fused-ring (bicyclic) bond motifs is 7. The Morgan fingerprint density at radius 1 is 1.04 bits per heavy atom. The molecule has 1 saturated heterocycles. The maximum atomic E-state index is 13.5. The third-order valence-electron chi connectivity index (χ3n) is 11.0. The molecule has 6 rings (SSSR count). The summed E-state index contributed by atoms with van der Waals surface area (Å²) in [6.45, 7) is 17.4. The number of rotatable bonds is 10. The molecule has 8 heteroatoms. The zero-order valence-electron chi connectivity index (χ0n) is 29.2. The monoisotopic (exact) mass is 638 g/mol. The summed E-state index contributed by atoms with van der Waals surface area (Å²) in [5, 5.41) is 15.9. The van der Waals surface area contributed by atoms with Gasteiger partial charge in [-0.05, 0) is 81.0 Å². The van der Waals surface area contributed by atoms with Crippen molar-refractivity contribution in [1.82, 2.24) is 15.3 Å². The molecule has 8 nitrogen and oxygen atoms in total. The van der Waals surface area contributed by atoms with Gasteiger partial charge in [0.05, 0.1) is 23.8 Å². The van der Waals surface area contributed by atoms with Crippen LogP contribution in [0.5, 0.6) is 0 Å². The lowest BCUT2D eigenvalue weighted by Crippen LogP contribution is -2.26. The number of Topliss-reactive ketones (excluding diaryl/α,β-unsaturated/α-hetero) is 1. The van der Waals surface area contributed by atoms with E-state index < -0.39 is 11.9 Å². The molecule has 2 fully saturated rings. The highest BCUT2D eigenvalue weighted by molar-refractivity contribution is 6.37. The summed E-state index contributed by atoms with van der Waals surface area (Å²) >= 11 is 0. The van der Waals surface area contributed by atoms with Gasteiger partial charge in [-0.25, -0.2) is 0 Å². The number of nitrogens with zero attached hydrogens (tertiary/aromatic N) is 1. The number of ether oxygens (including phenoxy) is 1. The van der Waals surface area contributed by atoms with Crippen molar-refractivity contribution in [3.63, 3.8) is 0 Å². The zero-order valence-corrected chi connectivity index (χ0v) is 29.2. The van der Waals surface area contributed by atoms with Crippen LogP contribution in [-0.2, 0) is 20.7 Å². The Hall–Kier alpha value is -3.91. The van der Waals surface area contributed by atoms with Crippen LogP contribution in [0.25, 0.3) is 18.2 Å². The largest absolute Gasteiger partial charge is 0.481 e. The number of unbranched alkanes of at least 4 members (excludes halogenated alkanes) is 3. The number of nitrogens with one attached hydrogen (secondary N) is 3. The number of aliphatic imine (C=N–C) groups is 1. The maximum Gasteiger partial charge on any atom is 0.306 e. The smallest absolute Gasteiger partial charge is 0.306 e. The molecular weight excluding hydrogens is 588 g/mol. The average molecular weight is 639 g/mol. The van der Waals surface area contributed by atoms with E-state index in [1.165, 1.54) is 24.0 Å². The van der Waals surface area contributed by atoms with Gasteiger partial charge in [0.2, 0.25) is 0 Å². The van der Waals surface area contributed by atoms with Gasteiger partial charge in [0.1, 0.15) is 0 Å². The number of aromatic amines is 2. The van der Waals surface area contributed by atoms with Crippen molar-refractivity contribution >= 4 is 35.7 Å². The molecule has 1 aliphatic carbocycles. The number of hydrogen-bond acceptors (Lipinski definition) is 5. The molecule has 0 amide bonds. The quantitative estimate of drug-likeness (QED) is 0.235. The van der Waals surface area contributed by atoms with E-state index in [0.717, 1.165) is 80.7 Å². The average Bonchev–Trinajstić information content (AvgIpc) is 3.78. The highest BCUT2D eigenvalue weighted by Gasteiger charge is 2.45. The topological polar surface area (TPSA) is 120 Å². The molecule has 0 radical (unpaired) electrons. The molecule has 0 aromatic carbocycles. The third-order valence-corrected chi connectivity index (χ3v) is 11.0. The van der Waals surface area contributed by atoms with E-state index in [-0.39, 0.29) is 36.2 Å². The van der Waals surface area contributed by atoms with Crippen molar-refractivity contribution in [3.8, 4) is 0 Å². The summed E-state index contributed by atoms with van der Waals surface area (Å²) in [6, 6.07) is -0.274. The molecule has 4 N–H and O–H groups in total. The van der Waals surface area contributed by atoms with E-state index in [0.29, 0.717) is 12.2 Å². The standard InChI is InChI=1S/C39H50N4O4/c1-9-11-12-13-14-47-24(8)35-21(5)28-16-29-20(4)34(23(7)39(45)46)37(42-29)26-15-33(44)36-22(6)30(43-38(26)36)17-31-25(10-2)19(3)27(40-31)18-32(35)41-28/h16-18,20,23-24,30,34,40-42H,9-15H2,1-8H3,(H,45,46)/b27-18-,29-16-,31-17-,37-26-. The zero-order chi connectivity index (χ0) is 33.7. The van der Waals surface area contributed by atoms with E-state index >= 15 is 0 Å². The van der Waals surface area contributed by atoms with Gasteiger partial charge >= 0.3 is 5.97 Å². The molecule has 250 valence electrons. The van der Waals surface area contributed by atoms with Crippen molar-refractivity contribution in [2.75, 3.05) is 6.61 Å². The van der Waals surface area contributed by atoms with Gasteiger partial charge in [-0.3, -0.25) is 14.6 Å². The van der Waals surface area contributed by atoms with Crippen molar-refractivity contribution in [2.24, 2.45) is 22.7 Å². The lowest BCUT2D eigenvalue weighted by Gasteiger charge is -2.21. The maximum absolute atomic E-state index is 13.5. The summed E-state index contributed by atoms with van der Waals surface area (Å²) in [5.74, 6) is -1.89. The summed E-state index contributed by atoms with van der Waals surface area (Å²) in [7, 11) is 0. The summed E-state index contributed by atoms with van der Waals surface area (Å²) in [4.78, 5) is 38.6. The first-order valence-electron chi connectivity index (χ1n) is 17.5. The highest BCUT2D eigenvalue weighted by atomic mass is 16.5. The molecule has 1 saturated carbocycles. The molecule has 5 heterocycles. The number of aromatic nitrogens is 2. The first-order chi connectivity index (χ1) is 22.5. The van der Waals surface area contributed by atoms with Gasteiger partial charge < -0.3 is 25.1 Å². The molecular formula is C39H50N4O4. The first kappa shape index (κ1) is 33.0. The highest BCUT2D eigenvalue weighted by Crippen LogP contribution is 2.45. The number of aliphatic carboxylic acids is 1. The van der Waals surface area contributed by atoms with E-state index in [9.17, 15) is 14.7 Å². The Bertz CT molecular complexity index is 1880. The number of carbonyl (C=O) groups is 2.